The van der Waals surface area contributed by atoms with E-state index in [1.807, 2.05) is 78.2 Å². The average Bonchev–Trinajstić information content (AvgIpc) is 3.62. The van der Waals surface area contributed by atoms with Crippen molar-refractivity contribution in [3.63, 3.8) is 0 Å². The third kappa shape index (κ3) is 9.71. The van der Waals surface area contributed by atoms with Crippen LogP contribution in [0.3, 0.4) is 0 Å². The maximum absolute atomic E-state index is 12.6. The summed E-state index contributed by atoms with van der Waals surface area (Å²) in [6.07, 6.45) is 2.76. The molecule has 0 saturated heterocycles. The molecule has 0 aliphatic carbocycles. The molecule has 2 amide bonds. The normalized spacial score (nSPS) is 13.8. The summed E-state index contributed by atoms with van der Waals surface area (Å²) in [5, 5.41) is 5.97. The molecule has 2 atom stereocenters. The van der Waals surface area contributed by atoms with Gasteiger partial charge in [0.25, 0.3) is 0 Å². The Balaban J connectivity index is 1.47. The number of nitrogens with one attached hydrogen (secondary N) is 4. The van der Waals surface area contributed by atoms with E-state index in [0.29, 0.717) is 11.6 Å². The van der Waals surface area contributed by atoms with Gasteiger partial charge in [0.2, 0.25) is 0 Å². The Morgan fingerprint density at radius 3 is 1.10 bits per heavy atom. The highest BCUT2D eigenvalue weighted by Crippen LogP contribution is 2.35. The number of alkyl carbamates (subject to hydrolysis) is 2. The smallest absolute Gasteiger partial charge is 0.408 e. The lowest BCUT2D eigenvalue weighted by atomic mass is 9.86. The van der Waals surface area contributed by atoms with Crippen LogP contribution in [0, 0.1) is 10.8 Å². The summed E-state index contributed by atoms with van der Waals surface area (Å²) in [5.74, 6) is 1.33. The van der Waals surface area contributed by atoms with Crippen LogP contribution >= 0.6 is 0 Å². The van der Waals surface area contributed by atoms with Gasteiger partial charge in [-0.05, 0) is 63.5 Å². The van der Waals surface area contributed by atoms with E-state index in [-0.39, 0.29) is 22.9 Å². The van der Waals surface area contributed by atoms with E-state index in [0.717, 1.165) is 33.6 Å². The van der Waals surface area contributed by atoms with Crippen LogP contribution in [-0.4, -0.2) is 43.3 Å². The summed E-state index contributed by atoms with van der Waals surface area (Å²) >= 11 is 0. The number of H-pyrrole nitrogens is 2. The second kappa shape index (κ2) is 13.5. The number of amides is 2. The number of nitrogens with zero attached hydrogens (tertiary/aromatic N) is 2. The highest BCUT2D eigenvalue weighted by atomic mass is 16.6. The molecule has 4 aromatic rings. The first-order valence-corrected chi connectivity index (χ1v) is 16.4. The number of ether oxygens (including phenoxy) is 2. The molecule has 10 nitrogen and oxygen atoms in total. The summed E-state index contributed by atoms with van der Waals surface area (Å²) in [6, 6.07) is 15.7. The number of imidazole rings is 2. The topological polar surface area (TPSA) is 134 Å². The summed E-state index contributed by atoms with van der Waals surface area (Å²) in [5.41, 5.74) is 3.84. The second-order valence-corrected chi connectivity index (χ2v) is 16.4. The number of hydrogen-bond acceptors (Lipinski definition) is 6. The molecule has 0 radical (unpaired) electrons. The Labute approximate surface area is 284 Å². The predicted molar refractivity (Wildman–Crippen MR) is 190 cm³/mol. The van der Waals surface area contributed by atoms with Crippen LogP contribution in [0.1, 0.15) is 107 Å². The van der Waals surface area contributed by atoms with Gasteiger partial charge in [-0.2, -0.15) is 0 Å². The Bertz CT molecular complexity index is 1560. The standard InChI is InChI=1S/C38H52N6O4/c1-35(2,3)29(43-33(45)47-37(7,8)9)31-39-21-27(41-31)25-17-13-23(14-18-25)24-15-19-26(20-16-24)28-22-40-32(42-28)30(36(4,5)6)44-34(46)48-38(10,11)12/h13-22,29-30H,1-12H3,(H,39,41)(H,40,42)(H,43,45)(H,44,46). The maximum atomic E-state index is 12.6. The quantitative estimate of drug-likeness (QED) is 0.157. The fourth-order valence-electron chi connectivity index (χ4n) is 5.17. The van der Waals surface area contributed by atoms with Gasteiger partial charge in [0.15, 0.2) is 0 Å². The third-order valence-corrected chi connectivity index (χ3v) is 7.49. The highest BCUT2D eigenvalue weighted by molar-refractivity contribution is 5.72. The van der Waals surface area contributed by atoms with Crippen molar-refractivity contribution >= 4 is 12.2 Å². The lowest BCUT2D eigenvalue weighted by Gasteiger charge is -2.31. The molecule has 48 heavy (non-hydrogen) atoms. The first-order chi connectivity index (χ1) is 22.1. The van der Waals surface area contributed by atoms with E-state index >= 15 is 0 Å². The van der Waals surface area contributed by atoms with Crippen molar-refractivity contribution in [1.82, 2.24) is 30.6 Å². The molecule has 0 fully saturated rings. The zero-order valence-corrected chi connectivity index (χ0v) is 30.5. The molecule has 2 unspecified atom stereocenters. The first kappa shape index (κ1) is 36.2. The molecule has 10 heteroatoms. The van der Waals surface area contributed by atoms with E-state index < -0.39 is 23.4 Å². The number of aromatic nitrogens is 4. The van der Waals surface area contributed by atoms with Crippen LogP contribution < -0.4 is 10.6 Å². The Hall–Kier alpha value is -4.60. The van der Waals surface area contributed by atoms with Crippen LogP contribution in [0.25, 0.3) is 33.6 Å². The number of hydrogen-bond donors (Lipinski definition) is 4. The summed E-state index contributed by atoms with van der Waals surface area (Å²) < 4.78 is 11.0. The molecule has 0 bridgehead atoms. The van der Waals surface area contributed by atoms with Crippen molar-refractivity contribution in [3.05, 3.63) is 72.6 Å². The van der Waals surface area contributed by atoms with Crippen LogP contribution in [0.4, 0.5) is 9.59 Å². The van der Waals surface area contributed by atoms with Crippen LogP contribution in [0.2, 0.25) is 0 Å². The van der Waals surface area contributed by atoms with Gasteiger partial charge >= 0.3 is 12.2 Å². The minimum Gasteiger partial charge on any atom is -0.444 e. The van der Waals surface area contributed by atoms with Crippen LogP contribution in [0.15, 0.2) is 60.9 Å². The summed E-state index contributed by atoms with van der Waals surface area (Å²) in [4.78, 5) is 41.4. The molecular weight excluding hydrogens is 604 g/mol. The molecule has 2 aromatic carbocycles. The number of benzene rings is 2. The van der Waals surface area contributed by atoms with Gasteiger partial charge < -0.3 is 30.1 Å². The SMILES string of the molecule is CC(C)(C)OC(=O)NC(c1nc(-c2ccc(-c3ccc(-c4c[nH]c(C(NC(=O)OC(C)(C)C)C(C)(C)C)n4)cc3)cc2)c[nH]1)C(C)(C)C. The van der Waals surface area contributed by atoms with Crippen molar-refractivity contribution in [2.24, 2.45) is 10.8 Å². The van der Waals surface area contributed by atoms with Gasteiger partial charge in [-0.3, -0.25) is 0 Å². The molecule has 2 heterocycles. The molecule has 258 valence electrons. The zero-order chi connectivity index (χ0) is 35.7. The molecule has 4 N–H and O–H groups in total. The maximum Gasteiger partial charge on any atom is 0.408 e. The highest BCUT2D eigenvalue weighted by Gasteiger charge is 2.33. The Morgan fingerprint density at radius 2 is 0.833 bits per heavy atom. The van der Waals surface area contributed by atoms with Crippen molar-refractivity contribution in [2.75, 3.05) is 0 Å². The van der Waals surface area contributed by atoms with E-state index in [2.05, 4.69) is 86.4 Å². The number of rotatable bonds is 7. The zero-order valence-electron chi connectivity index (χ0n) is 30.5. The minimum absolute atomic E-state index is 0.301. The van der Waals surface area contributed by atoms with Crippen molar-refractivity contribution in [2.45, 2.75) is 106 Å². The van der Waals surface area contributed by atoms with Gasteiger partial charge in [0.05, 0.1) is 23.5 Å². The molecule has 2 aromatic heterocycles. The molecule has 0 aliphatic rings. The minimum atomic E-state index is -0.594. The van der Waals surface area contributed by atoms with E-state index in [1.165, 1.54) is 0 Å². The van der Waals surface area contributed by atoms with Crippen LogP contribution in [0.5, 0.6) is 0 Å². The van der Waals surface area contributed by atoms with E-state index in [4.69, 9.17) is 19.4 Å². The Morgan fingerprint density at radius 1 is 0.542 bits per heavy atom. The second-order valence-electron chi connectivity index (χ2n) is 16.4. The lowest BCUT2D eigenvalue weighted by molar-refractivity contribution is 0.0448. The fraction of sp³-hybridized carbons (Fsp3) is 0.474. The number of carbonyl (C=O) groups is 2. The van der Waals surface area contributed by atoms with Gasteiger partial charge in [-0.15, -0.1) is 0 Å². The van der Waals surface area contributed by atoms with Gasteiger partial charge in [-0.1, -0.05) is 90.1 Å². The Kier molecular flexibility index (Phi) is 10.2. The molecular formula is C38H52N6O4. The third-order valence-electron chi connectivity index (χ3n) is 7.49. The summed E-state index contributed by atoms with van der Waals surface area (Å²) in [7, 11) is 0. The first-order valence-electron chi connectivity index (χ1n) is 16.4. The molecule has 0 saturated carbocycles. The van der Waals surface area contributed by atoms with E-state index in [1.54, 1.807) is 0 Å². The number of carbonyl (C=O) groups excluding carboxylic acids is 2. The van der Waals surface area contributed by atoms with Gasteiger partial charge in [0.1, 0.15) is 22.9 Å². The number of aromatic amines is 2. The van der Waals surface area contributed by atoms with Crippen molar-refractivity contribution in [1.29, 1.82) is 0 Å². The van der Waals surface area contributed by atoms with Gasteiger partial charge in [0, 0.05) is 23.5 Å². The van der Waals surface area contributed by atoms with Gasteiger partial charge in [-0.25, -0.2) is 19.6 Å². The summed E-state index contributed by atoms with van der Waals surface area (Å²) in [6.45, 7) is 23.4. The lowest BCUT2D eigenvalue weighted by Crippen LogP contribution is -2.40. The fourth-order valence-corrected chi connectivity index (χ4v) is 5.17. The molecule has 4 rings (SSSR count). The predicted octanol–water partition coefficient (Wildman–Crippen LogP) is 9.36. The largest absolute Gasteiger partial charge is 0.444 e. The molecule has 0 aliphatic heterocycles. The molecule has 0 spiro atoms. The monoisotopic (exact) mass is 656 g/mol. The van der Waals surface area contributed by atoms with Crippen molar-refractivity contribution < 1.29 is 19.1 Å². The van der Waals surface area contributed by atoms with E-state index in [9.17, 15) is 9.59 Å². The van der Waals surface area contributed by atoms with Crippen molar-refractivity contribution in [3.8, 4) is 33.6 Å². The van der Waals surface area contributed by atoms with Crippen LogP contribution in [-0.2, 0) is 9.47 Å². The average molecular weight is 657 g/mol.